The van der Waals surface area contributed by atoms with Crippen LogP contribution in [-0.2, 0) is 11.2 Å². The fourth-order valence-corrected chi connectivity index (χ4v) is 3.32. The zero-order valence-corrected chi connectivity index (χ0v) is 18.0. The quantitative estimate of drug-likeness (QED) is 0.469. The third-order valence-corrected chi connectivity index (χ3v) is 5.25. The molecule has 3 aromatic heterocycles. The Morgan fingerprint density at radius 3 is 2.56 bits per heavy atom. The highest BCUT2D eigenvalue weighted by Crippen LogP contribution is 2.28. The van der Waals surface area contributed by atoms with Gasteiger partial charge in [-0.05, 0) is 63.1 Å². The first-order valence-corrected chi connectivity index (χ1v) is 10.4. The summed E-state index contributed by atoms with van der Waals surface area (Å²) in [5.41, 5.74) is 10.4. The first kappa shape index (κ1) is 21.4. The molecule has 32 heavy (non-hydrogen) atoms. The molecule has 0 unspecified atom stereocenters. The maximum atomic E-state index is 9.76. The molecule has 1 aliphatic rings. The number of nitrogens with zero attached hydrogens (tertiary/aromatic N) is 4. The van der Waals surface area contributed by atoms with Crippen LogP contribution in [0.15, 0.2) is 47.0 Å². The summed E-state index contributed by atoms with van der Waals surface area (Å²) >= 11 is 0. The second-order valence-electron chi connectivity index (χ2n) is 7.69. The second kappa shape index (κ2) is 9.09. The van der Waals surface area contributed by atoms with E-state index in [2.05, 4.69) is 15.2 Å². The molecule has 3 heterocycles. The Balaban J connectivity index is 0.000000354. The fraction of sp³-hybridized carbons (Fsp3) is 0.304. The van der Waals surface area contributed by atoms with E-state index in [1.807, 2.05) is 56.3 Å². The Bertz CT molecular complexity index is 1210. The molecule has 4 aromatic rings. The summed E-state index contributed by atoms with van der Waals surface area (Å²) in [5, 5.41) is 16.3. The summed E-state index contributed by atoms with van der Waals surface area (Å²) in [4.78, 5) is 13.9. The topological polar surface area (TPSA) is 129 Å². The zero-order valence-electron chi connectivity index (χ0n) is 18.0. The van der Waals surface area contributed by atoms with Crippen molar-refractivity contribution >= 4 is 17.6 Å². The number of aliphatic carboxylic acids is 1. The Labute approximate surface area is 184 Å². The zero-order chi connectivity index (χ0) is 22.7. The van der Waals surface area contributed by atoms with Gasteiger partial charge in [0.05, 0.1) is 23.9 Å². The predicted octanol–water partition coefficient (Wildman–Crippen LogP) is 3.69. The van der Waals surface area contributed by atoms with Crippen LogP contribution >= 0.6 is 0 Å². The summed E-state index contributed by atoms with van der Waals surface area (Å²) in [6, 6.07) is 13.7. The second-order valence-corrected chi connectivity index (χ2v) is 7.69. The minimum Gasteiger partial charge on any atom is -0.493 e. The van der Waals surface area contributed by atoms with Gasteiger partial charge in [-0.25, -0.2) is 4.52 Å². The van der Waals surface area contributed by atoms with E-state index in [0.717, 1.165) is 58.9 Å². The van der Waals surface area contributed by atoms with E-state index in [1.54, 1.807) is 4.52 Å². The van der Waals surface area contributed by atoms with Gasteiger partial charge < -0.3 is 20.1 Å². The van der Waals surface area contributed by atoms with Crippen molar-refractivity contribution in [3.63, 3.8) is 0 Å². The van der Waals surface area contributed by atoms with E-state index >= 15 is 0 Å². The van der Waals surface area contributed by atoms with Crippen LogP contribution in [0, 0.1) is 19.8 Å². The van der Waals surface area contributed by atoms with Gasteiger partial charge in [-0.3, -0.25) is 4.79 Å². The van der Waals surface area contributed by atoms with Crippen molar-refractivity contribution < 1.29 is 19.2 Å². The summed E-state index contributed by atoms with van der Waals surface area (Å²) in [6.45, 7) is 4.43. The van der Waals surface area contributed by atoms with Crippen LogP contribution in [-0.4, -0.2) is 37.4 Å². The first-order valence-electron chi connectivity index (χ1n) is 10.4. The van der Waals surface area contributed by atoms with Crippen LogP contribution in [0.4, 0.5) is 5.95 Å². The van der Waals surface area contributed by atoms with Crippen LogP contribution in [0.25, 0.3) is 16.9 Å². The van der Waals surface area contributed by atoms with Crippen LogP contribution in [0.3, 0.4) is 0 Å². The highest BCUT2D eigenvalue weighted by Gasteiger charge is 2.28. The number of hydrogen-bond donors (Lipinski definition) is 2. The van der Waals surface area contributed by atoms with Gasteiger partial charge in [-0.1, -0.05) is 11.2 Å². The molecule has 0 aliphatic heterocycles. The molecule has 166 valence electrons. The number of anilines is 1. The van der Waals surface area contributed by atoms with Gasteiger partial charge in [0.15, 0.2) is 5.65 Å². The molecule has 3 N–H and O–H groups in total. The summed E-state index contributed by atoms with van der Waals surface area (Å²) in [7, 11) is 0. The molecule has 1 saturated carbocycles. The lowest BCUT2D eigenvalue weighted by Crippen LogP contribution is -2.03. The van der Waals surface area contributed by atoms with Gasteiger partial charge in [-0.15, -0.1) is 5.10 Å². The molecule has 0 atom stereocenters. The molecule has 9 heteroatoms. The number of ether oxygens (including phenoxy) is 1. The largest absolute Gasteiger partial charge is 0.493 e. The number of nitrogens with two attached hydrogens (primary N) is 1. The summed E-state index contributed by atoms with van der Waals surface area (Å²) in [6.07, 6.45) is 2.56. The summed E-state index contributed by atoms with van der Waals surface area (Å²) < 4.78 is 12.8. The fourth-order valence-electron chi connectivity index (χ4n) is 3.32. The van der Waals surface area contributed by atoms with E-state index in [4.69, 9.17) is 20.1 Å². The minimum absolute atomic E-state index is 0.0185. The Morgan fingerprint density at radius 2 is 1.97 bits per heavy atom. The number of hydrogen-bond acceptors (Lipinski definition) is 7. The van der Waals surface area contributed by atoms with Crippen LogP contribution < -0.4 is 10.5 Å². The molecular weight excluding hydrogens is 410 g/mol. The molecule has 1 aromatic carbocycles. The lowest BCUT2D eigenvalue weighted by Gasteiger charge is -2.08. The number of pyridine rings is 1. The Kier molecular flexibility index (Phi) is 6.07. The molecule has 5 rings (SSSR count). The van der Waals surface area contributed by atoms with Gasteiger partial charge in [0.1, 0.15) is 11.5 Å². The van der Waals surface area contributed by atoms with Crippen molar-refractivity contribution in [1.29, 1.82) is 0 Å². The standard InChI is InChI=1S/C19H19N5O2.C4H6O2/c1-12-16(13(2)26-23-12)10-11-25-15-8-6-14(7-9-15)17-4-3-5-18-21-19(20)22-24(17)18;5-4(6)3-1-2-3/h3-9H,10-11H2,1-2H3,(H2,20,22);3H,1-2H2,(H,5,6). The number of nitrogen functional groups attached to an aromatic ring is 1. The van der Waals surface area contributed by atoms with Gasteiger partial charge in [-0.2, -0.15) is 4.98 Å². The lowest BCUT2D eigenvalue weighted by atomic mass is 10.1. The highest BCUT2D eigenvalue weighted by molar-refractivity contribution is 5.72. The SMILES string of the molecule is Cc1noc(C)c1CCOc1ccc(-c2cccc3nc(N)nn23)cc1.O=C(O)C1CC1. The van der Waals surface area contributed by atoms with Crippen molar-refractivity contribution in [3.05, 3.63) is 59.5 Å². The van der Waals surface area contributed by atoms with E-state index in [9.17, 15) is 4.79 Å². The monoisotopic (exact) mass is 435 g/mol. The highest BCUT2D eigenvalue weighted by atomic mass is 16.5. The molecule has 1 aliphatic carbocycles. The number of aryl methyl sites for hydroxylation is 2. The maximum absolute atomic E-state index is 9.76. The average molecular weight is 435 g/mol. The Morgan fingerprint density at radius 1 is 1.22 bits per heavy atom. The summed E-state index contributed by atoms with van der Waals surface area (Å²) in [5.74, 6) is 1.31. The van der Waals surface area contributed by atoms with Crippen molar-refractivity contribution in [3.8, 4) is 17.0 Å². The maximum Gasteiger partial charge on any atom is 0.306 e. The minimum atomic E-state index is -0.630. The molecule has 0 spiro atoms. The van der Waals surface area contributed by atoms with Crippen LogP contribution in [0.5, 0.6) is 5.75 Å². The number of carboxylic acids is 1. The van der Waals surface area contributed by atoms with Gasteiger partial charge in [0.25, 0.3) is 0 Å². The van der Waals surface area contributed by atoms with Crippen molar-refractivity contribution in [2.24, 2.45) is 5.92 Å². The number of benzene rings is 1. The van der Waals surface area contributed by atoms with E-state index in [0.29, 0.717) is 6.61 Å². The third-order valence-electron chi connectivity index (χ3n) is 5.25. The number of carbonyl (C=O) groups is 1. The molecule has 0 amide bonds. The Hall–Kier alpha value is -3.88. The van der Waals surface area contributed by atoms with Crippen molar-refractivity contribution in [1.82, 2.24) is 19.8 Å². The average Bonchev–Trinajstić information content (AvgIpc) is 3.50. The molecule has 0 radical (unpaired) electrons. The van der Waals surface area contributed by atoms with Gasteiger partial charge in [0, 0.05) is 17.5 Å². The van der Waals surface area contributed by atoms with E-state index < -0.39 is 5.97 Å². The number of fused-ring (bicyclic) bond motifs is 1. The molecular formula is C23H25N5O4. The van der Waals surface area contributed by atoms with Gasteiger partial charge in [0.2, 0.25) is 5.95 Å². The molecule has 0 bridgehead atoms. The molecule has 1 fully saturated rings. The van der Waals surface area contributed by atoms with Gasteiger partial charge >= 0.3 is 5.97 Å². The van der Waals surface area contributed by atoms with E-state index in [-0.39, 0.29) is 11.9 Å². The van der Waals surface area contributed by atoms with Crippen LogP contribution in [0.1, 0.15) is 29.9 Å². The lowest BCUT2D eigenvalue weighted by molar-refractivity contribution is -0.138. The van der Waals surface area contributed by atoms with E-state index in [1.165, 1.54) is 0 Å². The first-order chi connectivity index (χ1) is 15.4. The van der Waals surface area contributed by atoms with Crippen molar-refractivity contribution in [2.75, 3.05) is 12.3 Å². The number of aromatic nitrogens is 4. The molecule has 0 saturated heterocycles. The normalized spacial score (nSPS) is 12.9. The molecule has 9 nitrogen and oxygen atoms in total. The smallest absolute Gasteiger partial charge is 0.306 e. The van der Waals surface area contributed by atoms with Crippen molar-refractivity contribution in [2.45, 2.75) is 33.1 Å². The predicted molar refractivity (Wildman–Crippen MR) is 118 cm³/mol. The van der Waals surface area contributed by atoms with Crippen LogP contribution in [0.2, 0.25) is 0 Å². The number of rotatable bonds is 6. The third kappa shape index (κ3) is 4.88. The number of carboxylic acid groups (broad SMARTS) is 1.